The molecule has 0 spiro atoms. The van der Waals surface area contributed by atoms with Crippen LogP contribution in [0.4, 0.5) is 5.82 Å². The Labute approximate surface area is 127 Å². The van der Waals surface area contributed by atoms with E-state index in [2.05, 4.69) is 5.10 Å². The molecule has 2 N–H and O–H groups in total. The number of hydrogen-bond donors (Lipinski definition) is 1. The molecule has 1 aromatic carbocycles. The summed E-state index contributed by atoms with van der Waals surface area (Å²) in [6, 6.07) is 8.94. The van der Waals surface area contributed by atoms with Crippen LogP contribution in [0.1, 0.15) is 34.7 Å². The molecule has 22 heavy (non-hydrogen) atoms. The summed E-state index contributed by atoms with van der Waals surface area (Å²) in [5, 5.41) is 4.12. The Balaban J connectivity index is 2.56. The van der Waals surface area contributed by atoms with Crippen molar-refractivity contribution in [1.29, 1.82) is 0 Å². The maximum atomic E-state index is 12.1. The molecule has 0 atom stereocenters. The van der Waals surface area contributed by atoms with E-state index in [1.54, 1.807) is 38.1 Å². The van der Waals surface area contributed by atoms with Crippen molar-refractivity contribution < 1.29 is 19.1 Å². The highest BCUT2D eigenvalue weighted by molar-refractivity contribution is 6.05. The zero-order chi connectivity index (χ0) is 16.1. The Kier molecular flexibility index (Phi) is 4.77. The zero-order valence-electron chi connectivity index (χ0n) is 12.4. The third-order valence-electron chi connectivity index (χ3n) is 2.87. The molecule has 7 heteroatoms. The van der Waals surface area contributed by atoms with Gasteiger partial charge in [-0.05, 0) is 26.0 Å². The highest BCUT2D eigenvalue weighted by atomic mass is 16.5. The molecule has 116 valence electrons. The molecule has 2 rings (SSSR count). The second-order valence-electron chi connectivity index (χ2n) is 4.30. The van der Waals surface area contributed by atoms with Gasteiger partial charge in [0.2, 0.25) is 0 Å². The van der Waals surface area contributed by atoms with Gasteiger partial charge < -0.3 is 15.2 Å². The number of carbonyl (C=O) groups excluding carboxylic acids is 2. The summed E-state index contributed by atoms with van der Waals surface area (Å²) in [6.45, 7) is 3.66. The average Bonchev–Trinajstić information content (AvgIpc) is 2.86. The Morgan fingerprint density at radius 1 is 1.09 bits per heavy atom. The second-order valence-corrected chi connectivity index (χ2v) is 4.30. The van der Waals surface area contributed by atoms with Crippen LogP contribution < -0.4 is 5.73 Å². The zero-order valence-corrected chi connectivity index (χ0v) is 12.4. The number of aromatic nitrogens is 2. The molecule has 0 amide bonds. The number of ether oxygens (including phenoxy) is 2. The topological polar surface area (TPSA) is 96.4 Å². The average molecular weight is 303 g/mol. The maximum absolute atomic E-state index is 12.1. The van der Waals surface area contributed by atoms with Crippen molar-refractivity contribution in [3.05, 3.63) is 41.6 Å². The van der Waals surface area contributed by atoms with Crippen LogP contribution in [0, 0.1) is 0 Å². The van der Waals surface area contributed by atoms with Crippen LogP contribution in [0.5, 0.6) is 0 Å². The number of nitrogen functional groups attached to an aromatic ring is 1. The van der Waals surface area contributed by atoms with Gasteiger partial charge in [-0.25, -0.2) is 14.3 Å². The Morgan fingerprint density at radius 2 is 1.68 bits per heavy atom. The second kappa shape index (κ2) is 6.75. The van der Waals surface area contributed by atoms with Crippen molar-refractivity contribution in [1.82, 2.24) is 9.78 Å². The Hall–Kier alpha value is -2.83. The van der Waals surface area contributed by atoms with Gasteiger partial charge in [0.25, 0.3) is 0 Å². The molecule has 0 aliphatic rings. The van der Waals surface area contributed by atoms with E-state index in [9.17, 15) is 9.59 Å². The van der Waals surface area contributed by atoms with Gasteiger partial charge in [0.05, 0.1) is 18.9 Å². The van der Waals surface area contributed by atoms with Crippen molar-refractivity contribution in [2.24, 2.45) is 0 Å². The number of hydrogen-bond acceptors (Lipinski definition) is 6. The van der Waals surface area contributed by atoms with E-state index in [1.165, 1.54) is 4.68 Å². The number of carbonyl (C=O) groups is 2. The molecule has 0 radical (unpaired) electrons. The molecule has 0 fully saturated rings. The normalized spacial score (nSPS) is 10.3. The van der Waals surface area contributed by atoms with E-state index >= 15 is 0 Å². The van der Waals surface area contributed by atoms with Gasteiger partial charge >= 0.3 is 11.9 Å². The van der Waals surface area contributed by atoms with Crippen LogP contribution in [-0.4, -0.2) is 34.9 Å². The van der Waals surface area contributed by atoms with E-state index in [4.69, 9.17) is 15.2 Å². The van der Waals surface area contributed by atoms with Gasteiger partial charge in [0.15, 0.2) is 5.69 Å². The highest BCUT2D eigenvalue weighted by Gasteiger charge is 2.29. The fraction of sp³-hybridized carbons (Fsp3) is 0.267. The number of anilines is 1. The van der Waals surface area contributed by atoms with E-state index < -0.39 is 11.9 Å². The summed E-state index contributed by atoms with van der Waals surface area (Å²) in [5.74, 6) is -1.38. The maximum Gasteiger partial charge on any atom is 0.359 e. The summed E-state index contributed by atoms with van der Waals surface area (Å²) in [6.07, 6.45) is 0. The Bertz CT molecular complexity index is 680. The Morgan fingerprint density at radius 3 is 2.27 bits per heavy atom. The number of rotatable bonds is 5. The van der Waals surface area contributed by atoms with Crippen molar-refractivity contribution in [2.45, 2.75) is 13.8 Å². The van der Waals surface area contributed by atoms with Gasteiger partial charge in [0.1, 0.15) is 11.4 Å². The minimum absolute atomic E-state index is 0.0349. The van der Waals surface area contributed by atoms with Crippen LogP contribution in [0.25, 0.3) is 5.69 Å². The number of benzene rings is 1. The van der Waals surface area contributed by atoms with Crippen molar-refractivity contribution in [2.75, 3.05) is 18.9 Å². The standard InChI is InChI=1S/C15H17N3O4/c1-3-21-14(19)11-12(15(20)22-4-2)17-18(13(11)16)10-8-6-5-7-9-10/h5-9H,3-4,16H2,1-2H3. The minimum Gasteiger partial charge on any atom is -0.462 e. The van der Waals surface area contributed by atoms with Crippen molar-refractivity contribution in [3.63, 3.8) is 0 Å². The fourth-order valence-electron chi connectivity index (χ4n) is 1.94. The molecule has 1 aromatic heterocycles. The molecule has 1 heterocycles. The van der Waals surface area contributed by atoms with Gasteiger partial charge in [-0.1, -0.05) is 18.2 Å². The molecule has 7 nitrogen and oxygen atoms in total. The third kappa shape index (κ3) is 2.93. The highest BCUT2D eigenvalue weighted by Crippen LogP contribution is 2.23. The molecule has 0 saturated carbocycles. The quantitative estimate of drug-likeness (QED) is 0.846. The van der Waals surface area contributed by atoms with Crippen molar-refractivity contribution >= 4 is 17.8 Å². The first-order chi connectivity index (χ1) is 10.6. The van der Waals surface area contributed by atoms with E-state index in [1.807, 2.05) is 6.07 Å². The number of esters is 2. The SMILES string of the molecule is CCOC(=O)c1nn(-c2ccccc2)c(N)c1C(=O)OCC. The number of nitrogens with zero attached hydrogens (tertiary/aromatic N) is 2. The summed E-state index contributed by atoms with van der Waals surface area (Å²) in [4.78, 5) is 24.1. The summed E-state index contributed by atoms with van der Waals surface area (Å²) >= 11 is 0. The molecule has 0 saturated heterocycles. The largest absolute Gasteiger partial charge is 0.462 e. The molecule has 2 aromatic rings. The molecule has 0 bridgehead atoms. The van der Waals surface area contributed by atoms with Gasteiger partial charge in [-0.3, -0.25) is 0 Å². The lowest BCUT2D eigenvalue weighted by atomic mass is 10.2. The molecular weight excluding hydrogens is 286 g/mol. The van der Waals surface area contributed by atoms with Gasteiger partial charge in [-0.15, -0.1) is 0 Å². The lowest BCUT2D eigenvalue weighted by Gasteiger charge is -2.04. The van der Waals surface area contributed by atoms with Crippen LogP contribution in [0.15, 0.2) is 30.3 Å². The molecule has 0 aliphatic heterocycles. The molecule has 0 unspecified atom stereocenters. The van der Waals surface area contributed by atoms with Crippen molar-refractivity contribution in [3.8, 4) is 5.69 Å². The predicted octanol–water partition coefficient (Wildman–Crippen LogP) is 1.81. The number of para-hydroxylation sites is 1. The van der Waals surface area contributed by atoms with Crippen LogP contribution in [0.3, 0.4) is 0 Å². The van der Waals surface area contributed by atoms with E-state index in [-0.39, 0.29) is 30.3 Å². The summed E-state index contributed by atoms with van der Waals surface area (Å²) in [5.41, 5.74) is 6.39. The third-order valence-corrected chi connectivity index (χ3v) is 2.87. The lowest BCUT2D eigenvalue weighted by molar-refractivity contribution is 0.0476. The van der Waals surface area contributed by atoms with Crippen LogP contribution >= 0.6 is 0 Å². The van der Waals surface area contributed by atoms with Crippen LogP contribution in [0.2, 0.25) is 0 Å². The minimum atomic E-state index is -0.716. The first-order valence-electron chi connectivity index (χ1n) is 6.88. The predicted molar refractivity (Wildman–Crippen MR) is 79.9 cm³/mol. The van der Waals surface area contributed by atoms with Gasteiger partial charge in [-0.2, -0.15) is 5.10 Å². The summed E-state index contributed by atoms with van der Waals surface area (Å²) in [7, 11) is 0. The summed E-state index contributed by atoms with van der Waals surface area (Å²) < 4.78 is 11.2. The van der Waals surface area contributed by atoms with Crippen LogP contribution in [-0.2, 0) is 9.47 Å². The lowest BCUT2D eigenvalue weighted by Crippen LogP contribution is -2.14. The first kappa shape index (κ1) is 15.6. The fourth-order valence-corrected chi connectivity index (χ4v) is 1.94. The smallest absolute Gasteiger partial charge is 0.359 e. The molecule has 0 aliphatic carbocycles. The van der Waals surface area contributed by atoms with E-state index in [0.29, 0.717) is 5.69 Å². The monoisotopic (exact) mass is 303 g/mol. The number of nitrogens with two attached hydrogens (primary N) is 1. The first-order valence-corrected chi connectivity index (χ1v) is 6.88. The van der Waals surface area contributed by atoms with Gasteiger partial charge in [0, 0.05) is 0 Å². The molecular formula is C15H17N3O4. The van der Waals surface area contributed by atoms with E-state index in [0.717, 1.165) is 0 Å².